The zero-order chi connectivity index (χ0) is 13.0. The van der Waals surface area contributed by atoms with Gasteiger partial charge >= 0.3 is 0 Å². The van der Waals surface area contributed by atoms with E-state index in [1.807, 2.05) is 31.2 Å². The topological polar surface area (TPSA) is 59.0 Å². The summed E-state index contributed by atoms with van der Waals surface area (Å²) in [7, 11) is 0. The summed E-state index contributed by atoms with van der Waals surface area (Å²) in [6.07, 6.45) is -0.336. The van der Waals surface area contributed by atoms with E-state index in [1.54, 1.807) is 4.90 Å². The number of ether oxygens (including phenoxy) is 2. The third-order valence-electron chi connectivity index (χ3n) is 2.79. The number of hydrogen-bond donors (Lipinski definition) is 1. The zero-order valence-corrected chi connectivity index (χ0v) is 10.3. The number of carbonyl (C=O) groups excluding carboxylic acids is 1. The van der Waals surface area contributed by atoms with Crippen LogP contribution in [0.5, 0.6) is 5.75 Å². The van der Waals surface area contributed by atoms with Gasteiger partial charge in [-0.05, 0) is 19.1 Å². The molecule has 1 atom stereocenters. The van der Waals surface area contributed by atoms with Crippen LogP contribution in [0.4, 0.5) is 5.69 Å². The van der Waals surface area contributed by atoms with Gasteiger partial charge in [0.05, 0.1) is 31.5 Å². The lowest BCUT2D eigenvalue weighted by atomic mass is 10.2. The molecule has 1 fully saturated rings. The molecule has 0 spiro atoms. The molecular weight excluding hydrogens is 234 g/mol. The van der Waals surface area contributed by atoms with Crippen LogP contribution in [0.15, 0.2) is 24.3 Å². The molecule has 1 saturated heterocycles. The fourth-order valence-electron chi connectivity index (χ4n) is 1.93. The van der Waals surface area contributed by atoms with Crippen LogP contribution in [-0.4, -0.2) is 43.5 Å². The molecule has 98 valence electrons. The van der Waals surface area contributed by atoms with E-state index in [0.29, 0.717) is 18.9 Å². The van der Waals surface area contributed by atoms with Gasteiger partial charge in [-0.15, -0.1) is 0 Å². The molecule has 1 amide bonds. The molecule has 1 heterocycles. The molecule has 1 aromatic carbocycles. The summed E-state index contributed by atoms with van der Waals surface area (Å²) in [5.41, 5.74) is 0.728. The van der Waals surface area contributed by atoms with E-state index in [1.165, 1.54) is 0 Å². The predicted octanol–water partition coefficient (Wildman–Crippen LogP) is 0.809. The molecule has 2 rings (SSSR count). The largest absolute Gasteiger partial charge is 0.492 e. The van der Waals surface area contributed by atoms with Gasteiger partial charge in [-0.2, -0.15) is 0 Å². The van der Waals surface area contributed by atoms with Crippen LogP contribution in [0.1, 0.15) is 6.92 Å². The summed E-state index contributed by atoms with van der Waals surface area (Å²) in [4.78, 5) is 13.5. The minimum atomic E-state index is -0.336. The van der Waals surface area contributed by atoms with E-state index < -0.39 is 0 Å². The van der Waals surface area contributed by atoms with Crippen LogP contribution >= 0.6 is 0 Å². The quantitative estimate of drug-likeness (QED) is 0.860. The highest BCUT2D eigenvalue weighted by Crippen LogP contribution is 2.29. The number of morpholine rings is 1. The standard InChI is InChI=1S/C13H17NO4/c1-2-17-12-6-4-3-5-11(12)14-7-10(8-15)18-9-13(14)16/h3-6,10,15H,2,7-9H2,1H3. The molecule has 5 heteroatoms. The van der Waals surface area contributed by atoms with Gasteiger partial charge in [0, 0.05) is 0 Å². The monoisotopic (exact) mass is 251 g/mol. The Morgan fingerprint density at radius 1 is 1.50 bits per heavy atom. The minimum Gasteiger partial charge on any atom is -0.492 e. The van der Waals surface area contributed by atoms with Crippen molar-refractivity contribution in [3.8, 4) is 5.75 Å². The van der Waals surface area contributed by atoms with Crippen LogP contribution < -0.4 is 9.64 Å². The lowest BCUT2D eigenvalue weighted by Crippen LogP contribution is -2.48. The number of aliphatic hydroxyl groups is 1. The molecule has 0 bridgehead atoms. The van der Waals surface area contributed by atoms with Gasteiger partial charge in [0.2, 0.25) is 0 Å². The first-order chi connectivity index (χ1) is 8.76. The molecule has 0 saturated carbocycles. The van der Waals surface area contributed by atoms with Crippen LogP contribution in [0.25, 0.3) is 0 Å². The van der Waals surface area contributed by atoms with Gasteiger partial charge in [0.15, 0.2) is 0 Å². The summed E-state index contributed by atoms with van der Waals surface area (Å²) in [6.45, 7) is 2.68. The third-order valence-corrected chi connectivity index (χ3v) is 2.79. The second-order valence-corrected chi connectivity index (χ2v) is 4.02. The molecule has 1 N–H and O–H groups in total. The van der Waals surface area contributed by atoms with Gasteiger partial charge in [0.1, 0.15) is 12.4 Å². The van der Waals surface area contributed by atoms with Crippen LogP contribution in [0.2, 0.25) is 0 Å². The predicted molar refractivity (Wildman–Crippen MR) is 66.8 cm³/mol. The number of carbonyl (C=O) groups is 1. The van der Waals surface area contributed by atoms with Gasteiger partial charge in [-0.3, -0.25) is 4.79 Å². The number of nitrogens with zero attached hydrogens (tertiary/aromatic N) is 1. The Kier molecular flexibility index (Phi) is 4.17. The number of hydrogen-bond acceptors (Lipinski definition) is 4. The van der Waals surface area contributed by atoms with Crippen molar-refractivity contribution in [2.75, 3.05) is 31.3 Å². The Bertz CT molecular complexity index is 421. The van der Waals surface area contributed by atoms with Gasteiger partial charge < -0.3 is 19.5 Å². The normalized spacial score (nSPS) is 20.0. The number of anilines is 1. The maximum Gasteiger partial charge on any atom is 0.253 e. The highest BCUT2D eigenvalue weighted by Gasteiger charge is 2.28. The van der Waals surface area contributed by atoms with Gasteiger partial charge in [-0.25, -0.2) is 0 Å². The fourth-order valence-corrected chi connectivity index (χ4v) is 1.93. The molecule has 0 aromatic heterocycles. The molecule has 1 aliphatic rings. The molecule has 1 unspecified atom stereocenters. The molecule has 1 aliphatic heterocycles. The van der Waals surface area contributed by atoms with Crippen molar-refractivity contribution in [2.24, 2.45) is 0 Å². The number of para-hydroxylation sites is 2. The Morgan fingerprint density at radius 3 is 3.00 bits per heavy atom. The average Bonchev–Trinajstić information content (AvgIpc) is 2.41. The lowest BCUT2D eigenvalue weighted by Gasteiger charge is -2.32. The molecule has 18 heavy (non-hydrogen) atoms. The summed E-state index contributed by atoms with van der Waals surface area (Å²) < 4.78 is 10.7. The minimum absolute atomic E-state index is 0.00825. The van der Waals surface area contributed by atoms with Crippen LogP contribution in [0.3, 0.4) is 0 Å². The number of amides is 1. The summed E-state index contributed by atoms with van der Waals surface area (Å²) in [6, 6.07) is 7.38. The zero-order valence-electron chi connectivity index (χ0n) is 10.3. The van der Waals surface area contributed by atoms with E-state index in [-0.39, 0.29) is 25.2 Å². The van der Waals surface area contributed by atoms with Gasteiger partial charge in [-0.1, -0.05) is 12.1 Å². The maximum atomic E-state index is 11.9. The van der Waals surface area contributed by atoms with E-state index >= 15 is 0 Å². The van der Waals surface area contributed by atoms with E-state index in [0.717, 1.165) is 5.69 Å². The van der Waals surface area contributed by atoms with Crippen molar-refractivity contribution >= 4 is 11.6 Å². The van der Waals surface area contributed by atoms with E-state index in [9.17, 15) is 4.79 Å². The first kappa shape index (κ1) is 12.9. The maximum absolute atomic E-state index is 11.9. The molecule has 0 aliphatic carbocycles. The lowest BCUT2D eigenvalue weighted by molar-refractivity contribution is -0.130. The fraction of sp³-hybridized carbons (Fsp3) is 0.462. The van der Waals surface area contributed by atoms with Crippen LogP contribution in [-0.2, 0) is 9.53 Å². The third kappa shape index (κ3) is 2.63. The number of rotatable bonds is 4. The molecular formula is C13H17NO4. The Hall–Kier alpha value is -1.59. The Labute approximate surface area is 106 Å². The summed E-state index contributed by atoms with van der Waals surface area (Å²) in [5.74, 6) is 0.554. The SMILES string of the molecule is CCOc1ccccc1N1CC(CO)OCC1=O. The second kappa shape index (κ2) is 5.84. The smallest absolute Gasteiger partial charge is 0.253 e. The van der Waals surface area contributed by atoms with Crippen molar-refractivity contribution < 1.29 is 19.4 Å². The van der Waals surface area contributed by atoms with Crippen molar-refractivity contribution in [3.63, 3.8) is 0 Å². The molecule has 5 nitrogen and oxygen atoms in total. The number of aliphatic hydroxyl groups excluding tert-OH is 1. The van der Waals surface area contributed by atoms with E-state index in [4.69, 9.17) is 14.6 Å². The highest BCUT2D eigenvalue weighted by molar-refractivity contribution is 5.96. The average molecular weight is 251 g/mol. The highest BCUT2D eigenvalue weighted by atomic mass is 16.5. The Balaban J connectivity index is 2.25. The number of benzene rings is 1. The molecule has 0 radical (unpaired) electrons. The Morgan fingerprint density at radius 2 is 2.28 bits per heavy atom. The van der Waals surface area contributed by atoms with Crippen molar-refractivity contribution in [3.05, 3.63) is 24.3 Å². The van der Waals surface area contributed by atoms with Crippen molar-refractivity contribution in [1.29, 1.82) is 0 Å². The van der Waals surface area contributed by atoms with Crippen molar-refractivity contribution in [1.82, 2.24) is 0 Å². The van der Waals surface area contributed by atoms with Crippen molar-refractivity contribution in [2.45, 2.75) is 13.0 Å². The first-order valence-corrected chi connectivity index (χ1v) is 6.01. The molecule has 1 aromatic rings. The summed E-state index contributed by atoms with van der Waals surface area (Å²) in [5, 5.41) is 9.12. The first-order valence-electron chi connectivity index (χ1n) is 6.01. The van der Waals surface area contributed by atoms with Gasteiger partial charge in [0.25, 0.3) is 5.91 Å². The summed E-state index contributed by atoms with van der Waals surface area (Å²) >= 11 is 0. The second-order valence-electron chi connectivity index (χ2n) is 4.02. The van der Waals surface area contributed by atoms with Crippen LogP contribution in [0, 0.1) is 0 Å². The van der Waals surface area contributed by atoms with E-state index in [2.05, 4.69) is 0 Å².